The molecule has 1 fully saturated rings. The fraction of sp³-hybridized carbons (Fsp3) is 0.448. The van der Waals surface area contributed by atoms with Gasteiger partial charge in [-0.2, -0.15) is 0 Å². The molecule has 1 aliphatic heterocycles. The fourth-order valence-corrected chi connectivity index (χ4v) is 5.10. The summed E-state index contributed by atoms with van der Waals surface area (Å²) in [4.78, 5) is 29.7. The van der Waals surface area contributed by atoms with Gasteiger partial charge in [0.15, 0.2) is 11.5 Å². The smallest absolute Gasteiger partial charge is 0.262 e. The summed E-state index contributed by atoms with van der Waals surface area (Å²) in [6.45, 7) is 3.48. The van der Waals surface area contributed by atoms with Gasteiger partial charge in [0.2, 0.25) is 5.91 Å². The summed E-state index contributed by atoms with van der Waals surface area (Å²) in [5, 5.41) is 24.0. The van der Waals surface area contributed by atoms with Gasteiger partial charge >= 0.3 is 0 Å². The molecule has 2 aromatic carbocycles. The van der Waals surface area contributed by atoms with Crippen LogP contribution in [0.2, 0.25) is 0 Å². The third-order valence-corrected chi connectivity index (χ3v) is 7.09. The summed E-state index contributed by atoms with van der Waals surface area (Å²) in [6.07, 6.45) is 9.06. The topological polar surface area (TPSA) is 102 Å². The van der Waals surface area contributed by atoms with Crippen LogP contribution < -0.4 is 10.1 Å². The maximum absolute atomic E-state index is 13.7. The van der Waals surface area contributed by atoms with Crippen LogP contribution in [0.3, 0.4) is 0 Å². The molecule has 198 valence electrons. The Labute approximate surface area is 218 Å². The molecule has 8 heteroatoms. The van der Waals surface area contributed by atoms with E-state index in [9.17, 15) is 19.8 Å². The highest BCUT2D eigenvalue weighted by Crippen LogP contribution is 2.41. The van der Waals surface area contributed by atoms with Crippen LogP contribution in [-0.4, -0.2) is 59.1 Å². The van der Waals surface area contributed by atoms with Crippen molar-refractivity contribution in [1.29, 1.82) is 0 Å². The van der Waals surface area contributed by atoms with Crippen LogP contribution in [0.25, 0.3) is 0 Å². The minimum atomic E-state index is -0.468. The molecule has 8 nitrogen and oxygen atoms in total. The van der Waals surface area contributed by atoms with Crippen molar-refractivity contribution in [2.75, 3.05) is 32.6 Å². The number of carbonyl (C=O) groups is 2. The number of hydrogen-bond donors (Lipinski definition) is 3. The Kier molecular flexibility index (Phi) is 8.38. The van der Waals surface area contributed by atoms with E-state index in [1.54, 1.807) is 17.9 Å². The summed E-state index contributed by atoms with van der Waals surface area (Å²) in [6, 6.07) is 7.02. The van der Waals surface area contributed by atoms with Crippen LogP contribution >= 0.6 is 0 Å². The first-order valence-corrected chi connectivity index (χ1v) is 12.9. The Hall–Kier alpha value is -3.52. The molecular formula is C29H37N3O5. The highest BCUT2D eigenvalue weighted by Gasteiger charge is 2.32. The van der Waals surface area contributed by atoms with Gasteiger partial charge in [-0.1, -0.05) is 37.5 Å². The highest BCUT2D eigenvalue weighted by molar-refractivity contribution is 6.02. The second-order valence-corrected chi connectivity index (χ2v) is 10.3. The van der Waals surface area contributed by atoms with Crippen LogP contribution in [0.15, 0.2) is 36.4 Å². The summed E-state index contributed by atoms with van der Waals surface area (Å²) in [7, 11) is 3.85. The van der Waals surface area contributed by atoms with Crippen LogP contribution in [0.5, 0.6) is 17.2 Å². The van der Waals surface area contributed by atoms with Crippen LogP contribution in [0, 0.1) is 12.8 Å². The number of phenolic OH excluding ortho intramolecular Hbond substituents is 2. The lowest BCUT2D eigenvalue weighted by molar-refractivity contribution is -0.111. The number of nitrogens with zero attached hydrogens (tertiary/aromatic N) is 2. The average Bonchev–Trinajstić information content (AvgIpc) is 3.31. The van der Waals surface area contributed by atoms with Crippen LogP contribution in [0.4, 0.5) is 5.69 Å². The Balaban J connectivity index is 1.53. The minimum Gasteiger partial charge on any atom is -0.504 e. The number of likely N-dealkylation sites (N-methyl/N-ethyl adjacent to an activating group) is 1. The third-order valence-electron chi connectivity index (χ3n) is 7.09. The molecule has 0 aromatic heterocycles. The number of anilines is 1. The number of carbonyl (C=O) groups excluding carboxylic acids is 2. The van der Waals surface area contributed by atoms with Crippen molar-refractivity contribution >= 4 is 17.5 Å². The number of aromatic hydroxyl groups is 2. The molecule has 0 unspecified atom stereocenters. The predicted octanol–water partition coefficient (Wildman–Crippen LogP) is 4.58. The van der Waals surface area contributed by atoms with Crippen molar-refractivity contribution in [2.45, 2.75) is 52.1 Å². The molecule has 4 rings (SSSR count). The molecular weight excluding hydrogens is 470 g/mol. The summed E-state index contributed by atoms with van der Waals surface area (Å²) in [5.74, 6) is -0.735. The molecule has 3 N–H and O–H groups in total. The van der Waals surface area contributed by atoms with E-state index in [0.717, 1.165) is 24.0 Å². The molecule has 0 bridgehead atoms. The molecule has 1 saturated carbocycles. The predicted molar refractivity (Wildman–Crippen MR) is 143 cm³/mol. The highest BCUT2D eigenvalue weighted by atomic mass is 16.5. The van der Waals surface area contributed by atoms with E-state index in [-0.39, 0.29) is 23.8 Å². The van der Waals surface area contributed by atoms with E-state index in [0.29, 0.717) is 42.6 Å². The van der Waals surface area contributed by atoms with Crippen molar-refractivity contribution in [3.8, 4) is 17.2 Å². The number of nitrogens with one attached hydrogen (secondary N) is 1. The summed E-state index contributed by atoms with van der Waals surface area (Å²) >= 11 is 0. The molecule has 1 aliphatic carbocycles. The van der Waals surface area contributed by atoms with Crippen molar-refractivity contribution in [1.82, 2.24) is 9.80 Å². The lowest BCUT2D eigenvalue weighted by atomic mass is 9.90. The zero-order valence-electron chi connectivity index (χ0n) is 21.9. The van der Waals surface area contributed by atoms with Gasteiger partial charge in [0.25, 0.3) is 5.91 Å². The van der Waals surface area contributed by atoms with Crippen LogP contribution in [0.1, 0.15) is 59.2 Å². The number of benzene rings is 2. The second-order valence-electron chi connectivity index (χ2n) is 10.3. The van der Waals surface area contributed by atoms with Crippen molar-refractivity contribution < 1.29 is 24.5 Å². The maximum atomic E-state index is 13.7. The lowest BCUT2D eigenvalue weighted by Crippen LogP contribution is -2.27. The summed E-state index contributed by atoms with van der Waals surface area (Å²) in [5.41, 5.74) is 3.01. The van der Waals surface area contributed by atoms with Gasteiger partial charge in [-0.05, 0) is 63.0 Å². The number of phenols is 2. The van der Waals surface area contributed by atoms with E-state index in [1.807, 2.05) is 37.2 Å². The number of hydrogen-bond acceptors (Lipinski definition) is 6. The van der Waals surface area contributed by atoms with Crippen LogP contribution in [-0.2, 0) is 17.9 Å². The van der Waals surface area contributed by atoms with E-state index in [2.05, 4.69) is 5.32 Å². The first-order valence-electron chi connectivity index (χ1n) is 12.9. The van der Waals surface area contributed by atoms with Gasteiger partial charge in [0.1, 0.15) is 11.3 Å². The molecule has 1 heterocycles. The Morgan fingerprint density at radius 1 is 1.16 bits per heavy atom. The number of amides is 2. The number of ether oxygens (including phenoxy) is 1. The van der Waals surface area contributed by atoms with Gasteiger partial charge in [0, 0.05) is 37.0 Å². The van der Waals surface area contributed by atoms with Gasteiger partial charge in [-0.25, -0.2) is 0 Å². The van der Waals surface area contributed by atoms with Crippen molar-refractivity contribution in [3.63, 3.8) is 0 Å². The van der Waals surface area contributed by atoms with Gasteiger partial charge in [-0.15, -0.1) is 0 Å². The third kappa shape index (κ3) is 6.25. The molecule has 2 amide bonds. The molecule has 0 saturated heterocycles. The van der Waals surface area contributed by atoms with Crippen molar-refractivity contribution in [2.24, 2.45) is 5.92 Å². The normalized spacial score (nSPS) is 15.8. The Bertz CT molecular complexity index is 1180. The van der Waals surface area contributed by atoms with Gasteiger partial charge < -0.3 is 30.1 Å². The number of aryl methyl sites for hydroxylation is 1. The average molecular weight is 508 g/mol. The quantitative estimate of drug-likeness (QED) is 0.357. The zero-order valence-corrected chi connectivity index (χ0v) is 21.9. The molecule has 2 aliphatic rings. The molecule has 2 aromatic rings. The Morgan fingerprint density at radius 3 is 2.65 bits per heavy atom. The fourth-order valence-electron chi connectivity index (χ4n) is 5.10. The standard InChI is InChI=1S/C29H37N3O5/c1-19-15-24(33)27(35)26(28(19)37-18-20-9-5-4-6-10-20)29(36)32-16-21-11-7-12-23(22(21)17-32)30-25(34)13-8-14-31(2)3/h7-8,11-13,15,20,33,35H,4-6,9-10,14,16-18H2,1-3H3,(H,30,34)/b13-8+. The van der Waals surface area contributed by atoms with E-state index < -0.39 is 11.7 Å². The van der Waals surface area contributed by atoms with E-state index in [1.165, 1.54) is 31.4 Å². The first-order chi connectivity index (χ1) is 17.7. The summed E-state index contributed by atoms with van der Waals surface area (Å²) < 4.78 is 6.15. The molecule has 37 heavy (non-hydrogen) atoms. The molecule has 0 radical (unpaired) electrons. The first kappa shape index (κ1) is 26.5. The SMILES string of the molecule is Cc1cc(O)c(O)c(C(=O)N2Cc3cccc(NC(=O)/C=C/CN(C)C)c3C2)c1OCC1CCCCC1. The van der Waals surface area contributed by atoms with Gasteiger partial charge in [-0.3, -0.25) is 9.59 Å². The molecule has 0 atom stereocenters. The van der Waals surface area contributed by atoms with Gasteiger partial charge in [0.05, 0.1) is 6.61 Å². The van der Waals surface area contributed by atoms with Crippen molar-refractivity contribution in [3.05, 3.63) is 58.7 Å². The number of rotatable bonds is 8. The van der Waals surface area contributed by atoms with E-state index in [4.69, 9.17) is 4.74 Å². The lowest BCUT2D eigenvalue weighted by Gasteiger charge is -2.24. The zero-order chi connectivity index (χ0) is 26.5. The molecule has 0 spiro atoms. The second kappa shape index (κ2) is 11.7. The maximum Gasteiger partial charge on any atom is 0.262 e. The monoisotopic (exact) mass is 507 g/mol. The largest absolute Gasteiger partial charge is 0.504 e. The Morgan fingerprint density at radius 2 is 1.92 bits per heavy atom. The number of fused-ring (bicyclic) bond motifs is 1. The van der Waals surface area contributed by atoms with E-state index >= 15 is 0 Å². The minimum absolute atomic E-state index is 0.0154.